The normalized spacial score (nSPS) is 12.5. The second kappa shape index (κ2) is 11.2. The fourth-order valence-corrected chi connectivity index (χ4v) is 3.76. The number of carbonyl (C=O) groups is 1. The highest BCUT2D eigenvalue weighted by atomic mass is 19.4. The van der Waals surface area contributed by atoms with Crippen molar-refractivity contribution in [1.82, 2.24) is 15.1 Å². The Kier molecular flexibility index (Phi) is 8.34. The van der Waals surface area contributed by atoms with Gasteiger partial charge < -0.3 is 15.2 Å². The van der Waals surface area contributed by atoms with Crippen molar-refractivity contribution in [2.24, 2.45) is 0 Å². The van der Waals surface area contributed by atoms with Gasteiger partial charge in [0.1, 0.15) is 5.75 Å². The molecule has 9 heteroatoms. The summed E-state index contributed by atoms with van der Waals surface area (Å²) in [4.78, 5) is 8.90. The summed E-state index contributed by atoms with van der Waals surface area (Å²) in [6.07, 6.45) is 1.43. The summed E-state index contributed by atoms with van der Waals surface area (Å²) < 4.78 is 39.1. The van der Waals surface area contributed by atoms with Crippen LogP contribution in [0.5, 0.6) is 5.75 Å². The van der Waals surface area contributed by atoms with Gasteiger partial charge in [-0.2, -0.15) is 18.3 Å². The minimum atomic E-state index is -5.08. The number of allylic oxidation sites excluding steroid dienone is 1. The lowest BCUT2D eigenvalue weighted by molar-refractivity contribution is -0.192. The summed E-state index contributed by atoms with van der Waals surface area (Å²) >= 11 is 0. The molecule has 0 atom stereocenters. The van der Waals surface area contributed by atoms with E-state index in [9.17, 15) is 13.2 Å². The van der Waals surface area contributed by atoms with Gasteiger partial charge in [0.25, 0.3) is 0 Å². The van der Waals surface area contributed by atoms with E-state index in [1.807, 2.05) is 10.7 Å². The molecule has 0 fully saturated rings. The number of hydrogen-bond acceptors (Lipinski definition) is 4. The van der Waals surface area contributed by atoms with Crippen molar-refractivity contribution in [3.8, 4) is 11.4 Å². The molecule has 0 saturated carbocycles. The summed E-state index contributed by atoms with van der Waals surface area (Å²) in [5, 5.41) is 15.4. The standard InChI is InChI=1S/C24H27N3O.C2HF3O2/c1-17-5-4-6-22(13-17)27-16-21(18(2)26-27)15-25-12-11-20-8-7-19-9-10-23(28-3)14-24(19)20;3-2(4,5)1(6)7/h4-6,8-10,13-14,16,25H,7,11-12,15H2,1-3H3;(H,6,7). The average Bonchev–Trinajstić information content (AvgIpc) is 3.39. The Morgan fingerprint density at radius 3 is 2.60 bits per heavy atom. The fourth-order valence-electron chi connectivity index (χ4n) is 3.76. The van der Waals surface area contributed by atoms with Gasteiger partial charge in [0, 0.05) is 18.3 Å². The minimum absolute atomic E-state index is 0.829. The number of carboxylic acids is 1. The summed E-state index contributed by atoms with van der Waals surface area (Å²) in [7, 11) is 1.72. The Balaban J connectivity index is 0.000000429. The van der Waals surface area contributed by atoms with E-state index in [0.717, 1.165) is 43.1 Å². The molecule has 35 heavy (non-hydrogen) atoms. The van der Waals surface area contributed by atoms with Crippen LogP contribution in [0.15, 0.2) is 54.7 Å². The number of ether oxygens (including phenoxy) is 1. The van der Waals surface area contributed by atoms with Crippen LogP contribution in [-0.2, 0) is 17.8 Å². The number of hydrogen-bond donors (Lipinski definition) is 2. The zero-order valence-electron chi connectivity index (χ0n) is 19.8. The Labute approximate surface area is 202 Å². The Bertz CT molecular complexity index is 1220. The van der Waals surface area contributed by atoms with Crippen molar-refractivity contribution in [3.63, 3.8) is 0 Å². The Morgan fingerprint density at radius 1 is 1.20 bits per heavy atom. The first-order valence-corrected chi connectivity index (χ1v) is 11.1. The third-order valence-electron chi connectivity index (χ3n) is 5.63. The van der Waals surface area contributed by atoms with E-state index in [4.69, 9.17) is 14.6 Å². The Morgan fingerprint density at radius 2 is 1.94 bits per heavy atom. The van der Waals surface area contributed by atoms with Crippen molar-refractivity contribution in [1.29, 1.82) is 0 Å². The van der Waals surface area contributed by atoms with Gasteiger partial charge in [-0.1, -0.05) is 24.3 Å². The molecule has 6 nitrogen and oxygen atoms in total. The number of rotatable bonds is 7. The van der Waals surface area contributed by atoms with Gasteiger partial charge >= 0.3 is 12.1 Å². The van der Waals surface area contributed by atoms with Crippen LogP contribution in [0.25, 0.3) is 11.3 Å². The monoisotopic (exact) mass is 487 g/mol. The summed E-state index contributed by atoms with van der Waals surface area (Å²) in [6.45, 7) is 5.95. The van der Waals surface area contributed by atoms with Gasteiger partial charge in [-0.3, -0.25) is 0 Å². The van der Waals surface area contributed by atoms with Crippen molar-refractivity contribution < 1.29 is 27.8 Å². The van der Waals surface area contributed by atoms with Crippen molar-refractivity contribution in [3.05, 3.63) is 82.7 Å². The van der Waals surface area contributed by atoms with Crippen LogP contribution in [0.1, 0.15) is 34.4 Å². The van der Waals surface area contributed by atoms with Crippen molar-refractivity contribution >= 4 is 11.5 Å². The van der Waals surface area contributed by atoms with Gasteiger partial charge in [0.05, 0.1) is 18.5 Å². The highest BCUT2D eigenvalue weighted by Gasteiger charge is 2.38. The van der Waals surface area contributed by atoms with E-state index in [1.165, 1.54) is 27.8 Å². The highest BCUT2D eigenvalue weighted by molar-refractivity contribution is 5.74. The lowest BCUT2D eigenvalue weighted by Crippen LogP contribution is -2.21. The summed E-state index contributed by atoms with van der Waals surface area (Å²) in [6, 6.07) is 14.8. The number of fused-ring (bicyclic) bond motifs is 1. The van der Waals surface area contributed by atoms with E-state index < -0.39 is 12.1 Å². The highest BCUT2D eigenvalue weighted by Crippen LogP contribution is 2.32. The quantitative estimate of drug-likeness (QED) is 0.445. The van der Waals surface area contributed by atoms with Crippen LogP contribution in [0.4, 0.5) is 13.2 Å². The fraction of sp³-hybridized carbons (Fsp3) is 0.308. The van der Waals surface area contributed by atoms with Crippen LogP contribution in [0, 0.1) is 13.8 Å². The molecule has 0 amide bonds. The predicted molar refractivity (Wildman–Crippen MR) is 128 cm³/mol. The van der Waals surface area contributed by atoms with E-state index in [1.54, 1.807) is 7.11 Å². The topological polar surface area (TPSA) is 76.4 Å². The summed E-state index contributed by atoms with van der Waals surface area (Å²) in [5.74, 6) is -1.83. The molecule has 1 aliphatic rings. The third kappa shape index (κ3) is 6.95. The molecule has 4 rings (SSSR count). The maximum atomic E-state index is 10.6. The minimum Gasteiger partial charge on any atom is -0.497 e. The van der Waals surface area contributed by atoms with Gasteiger partial charge in [0.2, 0.25) is 0 Å². The molecule has 186 valence electrons. The third-order valence-corrected chi connectivity index (χ3v) is 5.63. The maximum Gasteiger partial charge on any atom is 0.490 e. The molecule has 0 bridgehead atoms. The first kappa shape index (κ1) is 26.0. The molecule has 0 saturated heterocycles. The molecule has 0 unspecified atom stereocenters. The van der Waals surface area contributed by atoms with Crippen LogP contribution in [0.2, 0.25) is 0 Å². The molecule has 2 aromatic carbocycles. The summed E-state index contributed by atoms with van der Waals surface area (Å²) in [5.41, 5.74) is 8.81. The molecular formula is C26H28F3N3O3. The van der Waals surface area contributed by atoms with Gasteiger partial charge in [-0.25, -0.2) is 9.48 Å². The first-order valence-electron chi connectivity index (χ1n) is 11.1. The zero-order valence-corrected chi connectivity index (χ0v) is 19.8. The zero-order chi connectivity index (χ0) is 25.6. The van der Waals surface area contributed by atoms with Crippen LogP contribution in [-0.4, -0.2) is 40.7 Å². The number of nitrogens with zero attached hydrogens (tertiary/aromatic N) is 2. The van der Waals surface area contributed by atoms with Crippen molar-refractivity contribution in [2.45, 2.75) is 39.4 Å². The lowest BCUT2D eigenvalue weighted by atomic mass is 10.0. The smallest absolute Gasteiger partial charge is 0.490 e. The molecule has 0 spiro atoms. The molecule has 1 aromatic heterocycles. The predicted octanol–water partition coefficient (Wildman–Crippen LogP) is 5.25. The molecule has 2 N–H and O–H groups in total. The number of carboxylic acid groups (broad SMARTS) is 1. The number of benzene rings is 2. The largest absolute Gasteiger partial charge is 0.497 e. The number of halogens is 3. The first-order chi connectivity index (χ1) is 16.6. The average molecular weight is 488 g/mol. The Hall–Kier alpha value is -3.59. The van der Waals surface area contributed by atoms with E-state index >= 15 is 0 Å². The maximum absolute atomic E-state index is 10.6. The van der Waals surface area contributed by atoms with E-state index in [-0.39, 0.29) is 0 Å². The van der Waals surface area contributed by atoms with Gasteiger partial charge in [0.15, 0.2) is 0 Å². The molecule has 1 heterocycles. The number of nitrogens with one attached hydrogen (secondary N) is 1. The second-order valence-electron chi connectivity index (χ2n) is 8.21. The number of aryl methyl sites for hydroxylation is 2. The number of methoxy groups -OCH3 is 1. The molecule has 0 aliphatic heterocycles. The second-order valence-corrected chi connectivity index (χ2v) is 8.21. The SMILES string of the molecule is COc1ccc2c(c1)C(CCNCc1cn(-c3cccc(C)c3)nc1C)=CC2.O=C(O)C(F)(F)F. The van der Waals surface area contributed by atoms with Crippen molar-refractivity contribution in [2.75, 3.05) is 13.7 Å². The number of aromatic nitrogens is 2. The molecule has 1 aliphatic carbocycles. The number of aliphatic carboxylic acids is 1. The lowest BCUT2D eigenvalue weighted by Gasteiger charge is -2.09. The van der Waals surface area contributed by atoms with Crippen LogP contribution < -0.4 is 10.1 Å². The molecule has 3 aromatic rings. The molecule has 0 radical (unpaired) electrons. The van der Waals surface area contributed by atoms with E-state index in [2.05, 4.69) is 72.9 Å². The number of alkyl halides is 3. The van der Waals surface area contributed by atoms with Gasteiger partial charge in [-0.05, 0) is 79.8 Å². The van der Waals surface area contributed by atoms with Gasteiger partial charge in [-0.15, -0.1) is 0 Å². The van der Waals surface area contributed by atoms with Crippen LogP contribution >= 0.6 is 0 Å². The molecular weight excluding hydrogens is 459 g/mol. The van der Waals surface area contributed by atoms with E-state index in [0.29, 0.717) is 0 Å². The van der Waals surface area contributed by atoms with Crippen LogP contribution in [0.3, 0.4) is 0 Å².